The van der Waals surface area contributed by atoms with E-state index in [0.29, 0.717) is 12.1 Å². The second-order valence-corrected chi connectivity index (χ2v) is 4.22. The van der Waals surface area contributed by atoms with Crippen LogP contribution in [0.5, 0.6) is 0 Å². The summed E-state index contributed by atoms with van der Waals surface area (Å²) in [7, 11) is 1.72. The molecule has 2 fully saturated rings. The number of rotatable bonds is 3. The summed E-state index contributed by atoms with van der Waals surface area (Å²) in [5.41, 5.74) is 0. The Bertz CT molecular complexity index is 225. The molecule has 4 heteroatoms. The Morgan fingerprint density at radius 1 is 1.50 bits per heavy atom. The minimum Gasteiger partial charge on any atom is -0.480 e. The van der Waals surface area contributed by atoms with Gasteiger partial charge in [-0.05, 0) is 32.2 Å². The fourth-order valence-corrected chi connectivity index (χ4v) is 2.49. The van der Waals surface area contributed by atoms with Crippen LogP contribution in [-0.4, -0.2) is 47.8 Å². The number of methoxy groups -OCH3 is 1. The first-order valence-electron chi connectivity index (χ1n) is 5.23. The van der Waals surface area contributed by atoms with Gasteiger partial charge in [0.2, 0.25) is 0 Å². The van der Waals surface area contributed by atoms with Gasteiger partial charge in [-0.2, -0.15) is 0 Å². The number of aliphatic carboxylic acids is 1. The number of nitrogens with zero attached hydrogens (tertiary/aromatic N) is 1. The van der Waals surface area contributed by atoms with E-state index in [4.69, 9.17) is 9.84 Å². The molecule has 0 spiro atoms. The van der Waals surface area contributed by atoms with Gasteiger partial charge in [0.1, 0.15) is 6.04 Å². The van der Waals surface area contributed by atoms with E-state index in [0.717, 1.165) is 32.2 Å². The average molecular weight is 199 g/mol. The highest BCUT2D eigenvalue weighted by molar-refractivity contribution is 5.73. The van der Waals surface area contributed by atoms with E-state index in [9.17, 15) is 4.79 Å². The van der Waals surface area contributed by atoms with Crippen molar-refractivity contribution in [3.8, 4) is 0 Å². The van der Waals surface area contributed by atoms with Gasteiger partial charge in [-0.1, -0.05) is 0 Å². The lowest BCUT2D eigenvalue weighted by Crippen LogP contribution is -2.51. The monoisotopic (exact) mass is 199 g/mol. The van der Waals surface area contributed by atoms with Gasteiger partial charge in [0.05, 0.1) is 6.10 Å². The Morgan fingerprint density at radius 2 is 2.21 bits per heavy atom. The van der Waals surface area contributed by atoms with Crippen molar-refractivity contribution in [1.29, 1.82) is 0 Å². The van der Waals surface area contributed by atoms with Gasteiger partial charge in [0.25, 0.3) is 0 Å². The van der Waals surface area contributed by atoms with Crippen LogP contribution < -0.4 is 0 Å². The van der Waals surface area contributed by atoms with Gasteiger partial charge in [0.15, 0.2) is 0 Å². The second-order valence-electron chi connectivity index (χ2n) is 4.22. The smallest absolute Gasteiger partial charge is 0.320 e. The Kier molecular flexibility index (Phi) is 2.74. The minimum absolute atomic E-state index is 0.238. The first-order chi connectivity index (χ1) is 6.72. The molecule has 0 amide bonds. The molecule has 14 heavy (non-hydrogen) atoms. The molecule has 1 unspecified atom stereocenters. The summed E-state index contributed by atoms with van der Waals surface area (Å²) in [6.45, 7) is 0.943. The molecule has 4 nitrogen and oxygen atoms in total. The van der Waals surface area contributed by atoms with E-state index in [1.54, 1.807) is 7.11 Å². The zero-order valence-electron chi connectivity index (χ0n) is 8.48. The van der Waals surface area contributed by atoms with E-state index in [1.165, 1.54) is 0 Å². The van der Waals surface area contributed by atoms with E-state index < -0.39 is 5.97 Å². The third kappa shape index (κ3) is 1.64. The van der Waals surface area contributed by atoms with Crippen molar-refractivity contribution in [2.75, 3.05) is 13.7 Å². The van der Waals surface area contributed by atoms with Crippen LogP contribution in [0.25, 0.3) is 0 Å². The summed E-state index contributed by atoms with van der Waals surface area (Å²) in [6, 6.07) is 0.210. The molecule has 2 aliphatic rings. The van der Waals surface area contributed by atoms with Crippen molar-refractivity contribution in [3.63, 3.8) is 0 Å². The molecule has 0 radical (unpaired) electrons. The SMILES string of the molecule is COC1CC(N2CCCC2C(=O)O)C1. The highest BCUT2D eigenvalue weighted by Crippen LogP contribution is 2.33. The molecule has 0 aromatic heterocycles. The van der Waals surface area contributed by atoms with Crippen LogP contribution in [0.15, 0.2) is 0 Å². The Morgan fingerprint density at radius 3 is 2.79 bits per heavy atom. The van der Waals surface area contributed by atoms with Gasteiger partial charge in [-0.3, -0.25) is 9.69 Å². The minimum atomic E-state index is -0.664. The number of hydrogen-bond acceptors (Lipinski definition) is 3. The average Bonchev–Trinajstić information content (AvgIpc) is 2.50. The molecule has 1 atom stereocenters. The van der Waals surface area contributed by atoms with Crippen molar-refractivity contribution in [1.82, 2.24) is 4.90 Å². The predicted molar refractivity (Wildman–Crippen MR) is 51.2 cm³/mol. The maximum Gasteiger partial charge on any atom is 0.320 e. The molecule has 1 heterocycles. The second kappa shape index (κ2) is 3.87. The first-order valence-corrected chi connectivity index (χ1v) is 5.23. The molecular formula is C10H17NO3. The largest absolute Gasteiger partial charge is 0.480 e. The summed E-state index contributed by atoms with van der Waals surface area (Å²) < 4.78 is 5.20. The van der Waals surface area contributed by atoms with Gasteiger partial charge >= 0.3 is 5.97 Å². The number of carbonyl (C=O) groups is 1. The molecule has 1 saturated heterocycles. The molecule has 0 aromatic carbocycles. The predicted octanol–water partition coefficient (Wildman–Crippen LogP) is 0.713. The molecule has 1 aliphatic heterocycles. The normalized spacial score (nSPS) is 38.2. The lowest BCUT2D eigenvalue weighted by Gasteiger charge is -2.42. The van der Waals surface area contributed by atoms with Crippen molar-refractivity contribution >= 4 is 5.97 Å². The number of ether oxygens (including phenoxy) is 1. The lowest BCUT2D eigenvalue weighted by atomic mass is 9.87. The fourth-order valence-electron chi connectivity index (χ4n) is 2.49. The fraction of sp³-hybridized carbons (Fsp3) is 0.900. The molecule has 0 bridgehead atoms. The molecule has 0 aromatic rings. The Balaban J connectivity index is 1.89. The van der Waals surface area contributed by atoms with Crippen LogP contribution in [0.4, 0.5) is 0 Å². The van der Waals surface area contributed by atoms with Gasteiger partial charge in [-0.25, -0.2) is 0 Å². The van der Waals surface area contributed by atoms with Crippen molar-refractivity contribution in [2.45, 2.75) is 43.9 Å². The summed E-state index contributed by atoms with van der Waals surface area (Å²) in [5.74, 6) is -0.664. The quantitative estimate of drug-likeness (QED) is 0.727. The van der Waals surface area contributed by atoms with Crippen LogP contribution >= 0.6 is 0 Å². The summed E-state index contributed by atoms with van der Waals surface area (Å²) >= 11 is 0. The van der Waals surface area contributed by atoms with Crippen LogP contribution in [0, 0.1) is 0 Å². The highest BCUT2D eigenvalue weighted by atomic mass is 16.5. The van der Waals surface area contributed by atoms with Crippen LogP contribution in [0.3, 0.4) is 0 Å². The third-order valence-corrected chi connectivity index (χ3v) is 3.45. The van der Waals surface area contributed by atoms with E-state index in [-0.39, 0.29) is 6.04 Å². The maximum atomic E-state index is 10.9. The number of hydrogen-bond donors (Lipinski definition) is 1. The van der Waals surface area contributed by atoms with E-state index >= 15 is 0 Å². The van der Waals surface area contributed by atoms with E-state index in [1.807, 2.05) is 0 Å². The number of likely N-dealkylation sites (tertiary alicyclic amines) is 1. The molecule has 1 aliphatic carbocycles. The van der Waals surface area contributed by atoms with Crippen molar-refractivity contribution in [3.05, 3.63) is 0 Å². The van der Waals surface area contributed by atoms with Gasteiger partial charge in [0, 0.05) is 13.2 Å². The summed E-state index contributed by atoms with van der Waals surface area (Å²) in [6.07, 6.45) is 4.19. The zero-order valence-corrected chi connectivity index (χ0v) is 8.48. The molecule has 1 N–H and O–H groups in total. The third-order valence-electron chi connectivity index (χ3n) is 3.45. The highest BCUT2D eigenvalue weighted by Gasteiger charge is 2.41. The maximum absolute atomic E-state index is 10.9. The summed E-state index contributed by atoms with van der Waals surface area (Å²) in [5, 5.41) is 9.00. The van der Waals surface area contributed by atoms with Crippen LogP contribution in [0.1, 0.15) is 25.7 Å². The van der Waals surface area contributed by atoms with Crippen LogP contribution in [0.2, 0.25) is 0 Å². The standard InChI is InChI=1S/C10H17NO3/c1-14-8-5-7(6-8)11-4-2-3-9(11)10(12)13/h7-9H,2-6H2,1H3,(H,12,13). The Labute approximate surface area is 83.8 Å². The van der Waals surface area contributed by atoms with Crippen LogP contribution in [-0.2, 0) is 9.53 Å². The molecular weight excluding hydrogens is 182 g/mol. The first kappa shape index (κ1) is 9.93. The van der Waals surface area contributed by atoms with Crippen molar-refractivity contribution < 1.29 is 14.6 Å². The zero-order chi connectivity index (χ0) is 10.1. The van der Waals surface area contributed by atoms with Crippen molar-refractivity contribution in [2.24, 2.45) is 0 Å². The van der Waals surface area contributed by atoms with Gasteiger partial charge < -0.3 is 9.84 Å². The lowest BCUT2D eigenvalue weighted by molar-refractivity contribution is -0.145. The molecule has 80 valence electrons. The number of carboxylic acids is 1. The topological polar surface area (TPSA) is 49.8 Å². The summed E-state index contributed by atoms with van der Waals surface area (Å²) in [4.78, 5) is 13.1. The van der Waals surface area contributed by atoms with E-state index in [2.05, 4.69) is 4.90 Å². The number of carboxylic acid groups (broad SMARTS) is 1. The Hall–Kier alpha value is -0.610. The van der Waals surface area contributed by atoms with Gasteiger partial charge in [-0.15, -0.1) is 0 Å². The molecule has 2 rings (SSSR count). The molecule has 1 saturated carbocycles.